The SMILES string of the molecule is NOP(=O)(O)O.[Zn]. The van der Waals surface area contributed by atoms with Gasteiger partial charge in [0, 0.05) is 19.5 Å². The Morgan fingerprint density at radius 3 is 1.71 bits per heavy atom. The molecule has 0 atom stereocenters. The van der Waals surface area contributed by atoms with Crippen LogP contribution < -0.4 is 5.90 Å². The van der Waals surface area contributed by atoms with E-state index in [0.29, 0.717) is 0 Å². The maximum absolute atomic E-state index is 9.35. The van der Waals surface area contributed by atoms with Crippen molar-refractivity contribution >= 4 is 7.82 Å². The summed E-state index contributed by atoms with van der Waals surface area (Å²) in [6, 6.07) is 0. The van der Waals surface area contributed by atoms with Gasteiger partial charge in [0.05, 0.1) is 0 Å². The Morgan fingerprint density at radius 1 is 1.57 bits per heavy atom. The number of nitrogens with two attached hydrogens (primary N) is 1. The van der Waals surface area contributed by atoms with Crippen LogP contribution in [0.5, 0.6) is 0 Å². The molecule has 0 saturated heterocycles. The number of phosphoric acid groups is 1. The van der Waals surface area contributed by atoms with Crippen LogP contribution in [-0.2, 0) is 28.7 Å². The second kappa shape index (κ2) is 3.67. The Labute approximate surface area is 52.8 Å². The summed E-state index contributed by atoms with van der Waals surface area (Å²) in [4.78, 5) is 15.2. The minimum absolute atomic E-state index is 0. The molecule has 0 spiro atoms. The molecule has 0 radical (unpaired) electrons. The predicted molar refractivity (Wildman–Crippen MR) is 17.3 cm³/mol. The van der Waals surface area contributed by atoms with Crippen molar-refractivity contribution in [1.82, 2.24) is 0 Å². The van der Waals surface area contributed by atoms with Gasteiger partial charge in [-0.2, -0.15) is 0 Å². The fraction of sp³-hybridized carbons (Fsp3) is 0. The maximum Gasteiger partial charge on any atom is 0.485 e. The molecule has 0 heterocycles. The second-order valence-corrected chi connectivity index (χ2v) is 1.79. The van der Waals surface area contributed by atoms with Crippen molar-refractivity contribution in [2.45, 2.75) is 0 Å². The smallest absolute Gasteiger partial charge is 0.302 e. The Bertz CT molecular complexity index is 75.8. The van der Waals surface area contributed by atoms with Gasteiger partial charge in [0.15, 0.2) is 0 Å². The Morgan fingerprint density at radius 2 is 1.71 bits per heavy atom. The fourth-order valence-electron chi connectivity index (χ4n) is 0. The summed E-state index contributed by atoms with van der Waals surface area (Å²) < 4.78 is 12.5. The van der Waals surface area contributed by atoms with Gasteiger partial charge in [-0.1, -0.05) is 0 Å². The van der Waals surface area contributed by atoms with Crippen LogP contribution in [0.3, 0.4) is 0 Å². The first-order valence-electron chi connectivity index (χ1n) is 1.00. The van der Waals surface area contributed by atoms with Crippen molar-refractivity contribution in [1.29, 1.82) is 0 Å². The number of hydrogen-bond acceptors (Lipinski definition) is 3. The van der Waals surface area contributed by atoms with Crippen molar-refractivity contribution in [3.8, 4) is 0 Å². The molecule has 0 aliphatic heterocycles. The minimum atomic E-state index is -4.37. The summed E-state index contributed by atoms with van der Waals surface area (Å²) in [5.41, 5.74) is 0. The quantitative estimate of drug-likeness (QED) is 0.271. The molecule has 0 saturated carbocycles. The summed E-state index contributed by atoms with van der Waals surface area (Å²) >= 11 is 0. The van der Waals surface area contributed by atoms with Crippen LogP contribution >= 0.6 is 7.82 Å². The molecule has 0 aliphatic rings. The molecule has 0 bridgehead atoms. The van der Waals surface area contributed by atoms with Crippen molar-refractivity contribution in [3.05, 3.63) is 0 Å². The largest absolute Gasteiger partial charge is 0.485 e. The van der Waals surface area contributed by atoms with Gasteiger partial charge in [0.1, 0.15) is 0 Å². The molecular weight excluding hydrogens is 174 g/mol. The van der Waals surface area contributed by atoms with Crippen LogP contribution in [-0.4, -0.2) is 9.79 Å². The molecule has 0 amide bonds. The standard InChI is InChI=1S/H4NO4P.Zn/c1-5-6(2,3)4;/h1H2,(H2,2,3,4);. The molecule has 0 rings (SSSR count). The van der Waals surface area contributed by atoms with E-state index >= 15 is 0 Å². The van der Waals surface area contributed by atoms with Crippen LogP contribution in [0.25, 0.3) is 0 Å². The van der Waals surface area contributed by atoms with Crippen LogP contribution in [0.4, 0.5) is 0 Å². The molecule has 0 aromatic heterocycles. The summed E-state index contributed by atoms with van der Waals surface area (Å²) in [7, 11) is -4.37. The van der Waals surface area contributed by atoms with Crippen LogP contribution in [0.2, 0.25) is 0 Å². The van der Waals surface area contributed by atoms with Gasteiger partial charge in [0.2, 0.25) is 0 Å². The Hall–Kier alpha value is 0.693. The Kier molecular flexibility index (Phi) is 5.57. The van der Waals surface area contributed by atoms with E-state index < -0.39 is 7.82 Å². The van der Waals surface area contributed by atoms with Gasteiger partial charge in [-0.3, -0.25) is 0 Å². The van der Waals surface area contributed by atoms with E-state index in [1.54, 1.807) is 0 Å². The van der Waals surface area contributed by atoms with Gasteiger partial charge in [-0.25, -0.2) is 15.1 Å². The van der Waals surface area contributed by atoms with Gasteiger partial charge < -0.3 is 9.79 Å². The molecule has 5 nitrogen and oxygen atoms in total. The molecule has 4 N–H and O–H groups in total. The summed E-state index contributed by atoms with van der Waals surface area (Å²) in [6.45, 7) is 0. The first kappa shape index (κ1) is 10.6. The molecule has 0 aromatic rings. The molecule has 7 heavy (non-hydrogen) atoms. The van der Waals surface area contributed by atoms with E-state index in [9.17, 15) is 4.57 Å². The molecule has 0 aliphatic carbocycles. The molecule has 40 valence electrons. The van der Waals surface area contributed by atoms with E-state index in [-0.39, 0.29) is 19.5 Å². The molecule has 0 aromatic carbocycles. The van der Waals surface area contributed by atoms with Crippen molar-refractivity contribution in [2.24, 2.45) is 5.90 Å². The van der Waals surface area contributed by atoms with Gasteiger partial charge in [-0.05, 0) is 0 Å². The van der Waals surface area contributed by atoms with Gasteiger partial charge >= 0.3 is 7.82 Å². The van der Waals surface area contributed by atoms with E-state index in [1.807, 2.05) is 0 Å². The van der Waals surface area contributed by atoms with E-state index in [2.05, 4.69) is 10.5 Å². The zero-order valence-electron chi connectivity index (χ0n) is 3.44. The molecule has 0 unspecified atom stereocenters. The third-order valence-electron chi connectivity index (χ3n) is 0.137. The summed E-state index contributed by atoms with van der Waals surface area (Å²) in [5.74, 6) is 4.04. The average molecular weight is 178 g/mol. The summed E-state index contributed by atoms with van der Waals surface area (Å²) in [5, 5.41) is 0. The monoisotopic (exact) mass is 177 g/mol. The first-order chi connectivity index (χ1) is 2.56. The molecular formula is H4NO4PZn. The van der Waals surface area contributed by atoms with Crippen molar-refractivity contribution < 1.29 is 38.5 Å². The Balaban J connectivity index is 0. The average Bonchev–Trinajstić information content (AvgIpc) is 1.35. The van der Waals surface area contributed by atoms with Crippen molar-refractivity contribution in [3.63, 3.8) is 0 Å². The predicted octanol–water partition coefficient (Wildman–Crippen LogP) is -1.03. The molecule has 0 fully saturated rings. The first-order valence-corrected chi connectivity index (χ1v) is 2.53. The van der Waals surface area contributed by atoms with Crippen LogP contribution in [0.1, 0.15) is 0 Å². The van der Waals surface area contributed by atoms with Crippen molar-refractivity contribution in [2.75, 3.05) is 0 Å². The fourth-order valence-corrected chi connectivity index (χ4v) is 0. The zero-order valence-corrected chi connectivity index (χ0v) is 7.30. The normalized spacial score (nSPS) is 10.1. The van der Waals surface area contributed by atoms with E-state index in [1.165, 1.54) is 0 Å². The summed E-state index contributed by atoms with van der Waals surface area (Å²) in [6.07, 6.45) is 0. The topological polar surface area (TPSA) is 92.8 Å². The number of hydrogen-bond donors (Lipinski definition) is 3. The van der Waals surface area contributed by atoms with Crippen LogP contribution in [0, 0.1) is 0 Å². The zero-order chi connectivity index (χ0) is 5.21. The third kappa shape index (κ3) is 10.8. The van der Waals surface area contributed by atoms with E-state index in [4.69, 9.17) is 9.79 Å². The minimum Gasteiger partial charge on any atom is -0.302 e. The van der Waals surface area contributed by atoms with Gasteiger partial charge in [0.25, 0.3) is 0 Å². The number of rotatable bonds is 1. The maximum atomic E-state index is 9.35. The van der Waals surface area contributed by atoms with Gasteiger partial charge in [-0.15, -0.1) is 0 Å². The second-order valence-electron chi connectivity index (χ2n) is 0.596. The molecule has 7 heteroatoms. The van der Waals surface area contributed by atoms with E-state index in [0.717, 1.165) is 0 Å². The van der Waals surface area contributed by atoms with Crippen LogP contribution in [0.15, 0.2) is 0 Å². The third-order valence-corrected chi connectivity index (χ3v) is 0.412.